The Morgan fingerprint density at radius 2 is 1.65 bits per heavy atom. The Morgan fingerprint density at radius 3 is 2.25 bits per heavy atom. The van der Waals surface area contributed by atoms with Gasteiger partial charge < -0.3 is 5.73 Å². The number of sulfonamides is 1. The van der Waals surface area contributed by atoms with Gasteiger partial charge >= 0.3 is 0 Å². The van der Waals surface area contributed by atoms with Gasteiger partial charge in [-0.1, -0.05) is 12.8 Å². The molecule has 1 aliphatic carbocycles. The van der Waals surface area contributed by atoms with E-state index in [1.54, 1.807) is 0 Å². The number of hydrogen-bond acceptors (Lipinski definition) is 5. The minimum Gasteiger partial charge on any atom is -0.327 e. The smallest absolute Gasteiger partial charge is 0.214 e. The van der Waals surface area contributed by atoms with Gasteiger partial charge in [0, 0.05) is 12.6 Å². The fourth-order valence-electron chi connectivity index (χ4n) is 3.01. The van der Waals surface area contributed by atoms with Gasteiger partial charge in [0.2, 0.25) is 10.0 Å². The molecule has 1 heterocycles. The van der Waals surface area contributed by atoms with Crippen molar-refractivity contribution in [1.29, 1.82) is 0 Å². The van der Waals surface area contributed by atoms with Gasteiger partial charge in [-0.2, -0.15) is 0 Å². The third kappa shape index (κ3) is 4.16. The number of rotatable bonds is 4. The van der Waals surface area contributed by atoms with Gasteiger partial charge in [-0.05, 0) is 31.6 Å². The van der Waals surface area contributed by atoms with Crippen molar-refractivity contribution in [2.45, 2.75) is 49.8 Å². The Bertz CT molecular complexity index is 516. The van der Waals surface area contributed by atoms with Crippen LogP contribution in [0.4, 0.5) is 0 Å². The van der Waals surface area contributed by atoms with Gasteiger partial charge in [0.15, 0.2) is 0 Å². The largest absolute Gasteiger partial charge is 0.327 e. The second kappa shape index (κ2) is 6.29. The number of nitrogens with one attached hydrogen (secondary N) is 1. The summed E-state index contributed by atoms with van der Waals surface area (Å²) >= 11 is 0. The first-order chi connectivity index (χ1) is 9.30. The molecule has 0 bridgehead atoms. The molecular weight excluding hydrogens is 300 g/mol. The molecular formula is C12H24N2O4S2. The summed E-state index contributed by atoms with van der Waals surface area (Å²) in [6.07, 6.45) is 4.53. The zero-order valence-corrected chi connectivity index (χ0v) is 13.3. The van der Waals surface area contributed by atoms with E-state index in [-0.39, 0.29) is 36.3 Å². The molecule has 0 radical (unpaired) electrons. The summed E-state index contributed by atoms with van der Waals surface area (Å²) in [5.41, 5.74) is 6.01. The highest BCUT2D eigenvalue weighted by Gasteiger charge is 2.33. The minimum absolute atomic E-state index is 0.0263. The van der Waals surface area contributed by atoms with Crippen molar-refractivity contribution in [3.63, 3.8) is 0 Å². The van der Waals surface area contributed by atoms with E-state index < -0.39 is 25.1 Å². The molecule has 3 N–H and O–H groups in total. The summed E-state index contributed by atoms with van der Waals surface area (Å²) in [7, 11) is -6.46. The first-order valence-electron chi connectivity index (χ1n) is 7.25. The Kier molecular flexibility index (Phi) is 5.09. The first kappa shape index (κ1) is 16.2. The van der Waals surface area contributed by atoms with E-state index in [9.17, 15) is 16.8 Å². The Morgan fingerprint density at radius 1 is 1.05 bits per heavy atom. The van der Waals surface area contributed by atoms with Crippen molar-refractivity contribution in [2.75, 3.05) is 18.1 Å². The lowest BCUT2D eigenvalue weighted by Gasteiger charge is -2.29. The van der Waals surface area contributed by atoms with Crippen molar-refractivity contribution in [2.24, 2.45) is 11.7 Å². The van der Waals surface area contributed by atoms with Gasteiger partial charge in [0.25, 0.3) is 0 Å². The van der Waals surface area contributed by atoms with E-state index >= 15 is 0 Å². The van der Waals surface area contributed by atoms with Gasteiger partial charge in [-0.15, -0.1) is 0 Å². The molecule has 1 saturated heterocycles. The summed E-state index contributed by atoms with van der Waals surface area (Å²) in [4.78, 5) is 0. The van der Waals surface area contributed by atoms with Crippen molar-refractivity contribution in [3.05, 3.63) is 0 Å². The topological polar surface area (TPSA) is 106 Å². The molecule has 20 heavy (non-hydrogen) atoms. The van der Waals surface area contributed by atoms with Gasteiger partial charge in [-0.25, -0.2) is 21.6 Å². The number of nitrogens with two attached hydrogens (primary N) is 1. The van der Waals surface area contributed by atoms with Crippen LogP contribution in [0.5, 0.6) is 0 Å². The standard InChI is InChI=1S/C12H24N2O4S2/c13-12-4-2-1-3-10(12)9-14-20(17,18)11-5-7-19(15,16)8-6-11/h10-12,14H,1-9,13H2. The van der Waals surface area contributed by atoms with E-state index in [1.165, 1.54) is 0 Å². The van der Waals surface area contributed by atoms with Crippen molar-refractivity contribution < 1.29 is 16.8 Å². The van der Waals surface area contributed by atoms with E-state index in [2.05, 4.69) is 4.72 Å². The van der Waals surface area contributed by atoms with Crippen LogP contribution in [0.2, 0.25) is 0 Å². The quantitative estimate of drug-likeness (QED) is 0.757. The van der Waals surface area contributed by atoms with Crippen LogP contribution >= 0.6 is 0 Å². The molecule has 0 aromatic rings. The molecule has 2 unspecified atom stereocenters. The lowest BCUT2D eigenvalue weighted by atomic mass is 9.85. The maximum Gasteiger partial charge on any atom is 0.214 e. The van der Waals surface area contributed by atoms with E-state index in [0.29, 0.717) is 6.54 Å². The van der Waals surface area contributed by atoms with Crippen molar-refractivity contribution in [3.8, 4) is 0 Å². The van der Waals surface area contributed by atoms with Gasteiger partial charge in [0.05, 0.1) is 16.8 Å². The van der Waals surface area contributed by atoms with Crippen LogP contribution in [0.25, 0.3) is 0 Å². The van der Waals surface area contributed by atoms with Crippen molar-refractivity contribution >= 4 is 19.9 Å². The molecule has 1 saturated carbocycles. The fraction of sp³-hybridized carbons (Fsp3) is 1.00. The second-order valence-electron chi connectivity index (χ2n) is 5.95. The summed E-state index contributed by atoms with van der Waals surface area (Å²) in [5.74, 6) is 0.147. The fourth-order valence-corrected chi connectivity index (χ4v) is 6.34. The molecule has 0 aromatic heterocycles. The number of sulfone groups is 1. The highest BCUT2D eigenvalue weighted by atomic mass is 32.2. The van der Waals surface area contributed by atoms with Crippen LogP contribution in [0.3, 0.4) is 0 Å². The SMILES string of the molecule is NC1CCCCC1CNS(=O)(=O)C1CCS(=O)(=O)CC1. The predicted molar refractivity (Wildman–Crippen MR) is 78.5 cm³/mol. The summed E-state index contributed by atoms with van der Waals surface area (Å²) < 4.78 is 49.7. The van der Waals surface area contributed by atoms with E-state index in [0.717, 1.165) is 25.7 Å². The monoisotopic (exact) mass is 324 g/mol. The van der Waals surface area contributed by atoms with Crippen LogP contribution in [0.15, 0.2) is 0 Å². The maximum absolute atomic E-state index is 12.2. The van der Waals surface area contributed by atoms with Crippen LogP contribution in [0.1, 0.15) is 38.5 Å². The average molecular weight is 324 g/mol. The Hall–Kier alpha value is -0.180. The zero-order valence-electron chi connectivity index (χ0n) is 11.6. The Labute approximate surface area is 121 Å². The van der Waals surface area contributed by atoms with Crippen LogP contribution < -0.4 is 10.5 Å². The highest BCUT2D eigenvalue weighted by molar-refractivity contribution is 7.92. The second-order valence-corrected chi connectivity index (χ2v) is 10.3. The maximum atomic E-state index is 12.2. The van der Waals surface area contributed by atoms with Crippen LogP contribution in [0, 0.1) is 5.92 Å². The molecule has 2 atom stereocenters. The normalized spacial score (nSPS) is 32.0. The minimum atomic E-state index is -3.43. The van der Waals surface area contributed by atoms with Gasteiger partial charge in [-0.3, -0.25) is 0 Å². The van der Waals surface area contributed by atoms with Crippen LogP contribution in [-0.4, -0.2) is 46.2 Å². The molecule has 2 fully saturated rings. The zero-order chi connectivity index (χ0) is 14.8. The summed E-state index contributed by atoms with van der Waals surface area (Å²) in [5, 5.41) is -0.578. The summed E-state index contributed by atoms with van der Waals surface area (Å²) in [6.45, 7) is 0.382. The molecule has 1 aliphatic heterocycles. The molecule has 2 aliphatic rings. The molecule has 0 aromatic carbocycles. The predicted octanol–water partition coefficient (Wildman–Crippen LogP) is 0.000500. The number of hydrogen-bond donors (Lipinski definition) is 2. The Balaban J connectivity index is 1.88. The molecule has 0 amide bonds. The molecule has 2 rings (SSSR count). The molecule has 6 nitrogen and oxygen atoms in total. The van der Waals surface area contributed by atoms with E-state index in [1.807, 2.05) is 0 Å². The molecule has 0 spiro atoms. The average Bonchev–Trinajstić information content (AvgIpc) is 2.37. The molecule has 118 valence electrons. The van der Waals surface area contributed by atoms with Gasteiger partial charge in [0.1, 0.15) is 9.84 Å². The highest BCUT2D eigenvalue weighted by Crippen LogP contribution is 2.23. The third-order valence-electron chi connectivity index (χ3n) is 4.46. The summed E-state index contributed by atoms with van der Waals surface area (Å²) in [6, 6.07) is 0.0678. The molecule has 8 heteroatoms. The lowest BCUT2D eigenvalue weighted by Crippen LogP contribution is -2.45. The first-order valence-corrected chi connectivity index (χ1v) is 10.6. The lowest BCUT2D eigenvalue weighted by molar-refractivity contribution is 0.308. The van der Waals surface area contributed by atoms with Crippen molar-refractivity contribution in [1.82, 2.24) is 4.72 Å². The van der Waals surface area contributed by atoms with E-state index in [4.69, 9.17) is 5.73 Å². The third-order valence-corrected chi connectivity index (χ3v) is 8.09. The van der Waals surface area contributed by atoms with Crippen LogP contribution in [-0.2, 0) is 19.9 Å².